The minimum Gasteiger partial charge on any atom is -0.466 e. The van der Waals surface area contributed by atoms with Crippen LogP contribution in [0.3, 0.4) is 0 Å². The van der Waals surface area contributed by atoms with Gasteiger partial charge in [-0.15, -0.1) is 11.3 Å². The van der Waals surface area contributed by atoms with Crippen molar-refractivity contribution in [2.24, 2.45) is 0 Å². The van der Waals surface area contributed by atoms with E-state index >= 15 is 0 Å². The molecule has 0 aliphatic carbocycles. The van der Waals surface area contributed by atoms with Gasteiger partial charge in [-0.2, -0.15) is 0 Å². The molecular weight excluding hydrogens is 452 g/mol. The van der Waals surface area contributed by atoms with Crippen molar-refractivity contribution in [3.8, 4) is 0 Å². The van der Waals surface area contributed by atoms with Crippen LogP contribution in [0.25, 0.3) is 10.9 Å². The standard InChI is InChI=1S/C25H30N4O4S/c1-3-33-23(31)12-16(2)27-24(32)21-15-34-25(28-21)17-8-10-29(11-9-17)22(30)13-18-14-26-20-7-5-4-6-19(18)20/h4-7,14-17,26H,3,8-13H2,1-2H3,(H,27,32). The van der Waals surface area contributed by atoms with Gasteiger partial charge in [-0.25, -0.2) is 4.98 Å². The highest BCUT2D eigenvalue weighted by Crippen LogP contribution is 2.31. The molecule has 8 nitrogen and oxygen atoms in total. The predicted octanol–water partition coefficient (Wildman–Crippen LogP) is 3.64. The molecule has 3 heterocycles. The monoisotopic (exact) mass is 482 g/mol. The molecule has 1 aliphatic heterocycles. The molecule has 0 saturated carbocycles. The summed E-state index contributed by atoms with van der Waals surface area (Å²) in [6.45, 7) is 5.21. The van der Waals surface area contributed by atoms with Crippen molar-refractivity contribution in [1.29, 1.82) is 0 Å². The van der Waals surface area contributed by atoms with Crippen molar-refractivity contribution in [3.63, 3.8) is 0 Å². The lowest BCUT2D eigenvalue weighted by molar-refractivity contribution is -0.143. The number of carbonyl (C=O) groups is 3. The molecule has 0 radical (unpaired) electrons. The van der Waals surface area contributed by atoms with E-state index in [-0.39, 0.29) is 36.2 Å². The summed E-state index contributed by atoms with van der Waals surface area (Å²) < 4.78 is 4.92. The van der Waals surface area contributed by atoms with Gasteiger partial charge in [0.1, 0.15) is 5.69 Å². The lowest BCUT2D eigenvalue weighted by atomic mass is 9.97. The molecule has 0 bridgehead atoms. The molecule has 4 rings (SSSR count). The Labute approximate surface area is 202 Å². The van der Waals surface area contributed by atoms with Gasteiger partial charge in [-0.3, -0.25) is 14.4 Å². The number of ether oxygens (including phenoxy) is 1. The normalized spacial score (nSPS) is 15.3. The Balaban J connectivity index is 1.27. The van der Waals surface area contributed by atoms with Gasteiger partial charge in [0.05, 0.1) is 24.5 Å². The van der Waals surface area contributed by atoms with Crippen LogP contribution in [0.2, 0.25) is 0 Å². The van der Waals surface area contributed by atoms with E-state index in [1.54, 1.807) is 19.2 Å². The lowest BCUT2D eigenvalue weighted by Crippen LogP contribution is -2.38. The average Bonchev–Trinajstić information content (AvgIpc) is 3.47. The zero-order valence-corrected chi connectivity index (χ0v) is 20.3. The molecule has 2 amide bonds. The Morgan fingerprint density at radius 3 is 2.79 bits per heavy atom. The highest BCUT2D eigenvalue weighted by Gasteiger charge is 2.27. The van der Waals surface area contributed by atoms with E-state index in [4.69, 9.17) is 4.74 Å². The summed E-state index contributed by atoms with van der Waals surface area (Å²) >= 11 is 1.48. The molecule has 34 heavy (non-hydrogen) atoms. The van der Waals surface area contributed by atoms with Gasteiger partial charge in [-0.05, 0) is 38.3 Å². The first kappa shape index (κ1) is 23.9. The third-order valence-corrected chi connectivity index (χ3v) is 7.13. The number of piperidine rings is 1. The number of rotatable bonds is 8. The van der Waals surface area contributed by atoms with Crippen molar-refractivity contribution >= 4 is 40.0 Å². The molecule has 9 heteroatoms. The Hall–Kier alpha value is -3.20. The zero-order valence-electron chi connectivity index (χ0n) is 19.5. The number of thiazole rings is 1. The van der Waals surface area contributed by atoms with Crippen LogP contribution in [0.15, 0.2) is 35.8 Å². The number of para-hydroxylation sites is 1. The van der Waals surface area contributed by atoms with Crippen molar-refractivity contribution < 1.29 is 19.1 Å². The fourth-order valence-electron chi connectivity index (χ4n) is 4.33. The topological polar surface area (TPSA) is 104 Å². The fourth-order valence-corrected chi connectivity index (χ4v) is 5.30. The lowest BCUT2D eigenvalue weighted by Gasteiger charge is -2.31. The molecule has 1 atom stereocenters. The molecule has 1 fully saturated rings. The van der Waals surface area contributed by atoms with Crippen molar-refractivity contribution in [2.75, 3.05) is 19.7 Å². The van der Waals surface area contributed by atoms with Gasteiger partial charge in [0.25, 0.3) is 5.91 Å². The summed E-state index contributed by atoms with van der Waals surface area (Å²) in [5.41, 5.74) is 2.44. The summed E-state index contributed by atoms with van der Waals surface area (Å²) in [6.07, 6.45) is 4.09. The molecule has 3 aromatic rings. The van der Waals surface area contributed by atoms with Gasteiger partial charge in [0, 0.05) is 47.5 Å². The number of likely N-dealkylation sites (tertiary alicyclic amines) is 1. The molecule has 180 valence electrons. The fraction of sp³-hybridized carbons (Fsp3) is 0.440. The molecule has 1 aromatic carbocycles. The first-order valence-electron chi connectivity index (χ1n) is 11.7. The second kappa shape index (κ2) is 10.8. The van der Waals surface area contributed by atoms with Crippen molar-refractivity contribution in [2.45, 2.75) is 51.5 Å². The van der Waals surface area contributed by atoms with E-state index < -0.39 is 0 Å². The second-order valence-electron chi connectivity index (χ2n) is 8.65. The first-order chi connectivity index (χ1) is 16.4. The Bertz CT molecular complexity index is 1160. The van der Waals surface area contributed by atoms with Gasteiger partial charge in [-0.1, -0.05) is 18.2 Å². The van der Waals surface area contributed by atoms with E-state index in [0.717, 1.165) is 34.3 Å². The molecule has 2 N–H and O–H groups in total. The number of nitrogens with one attached hydrogen (secondary N) is 2. The summed E-state index contributed by atoms with van der Waals surface area (Å²) in [4.78, 5) is 46.7. The van der Waals surface area contributed by atoms with Crippen LogP contribution in [0, 0.1) is 0 Å². The third kappa shape index (κ3) is 5.64. The number of H-pyrrole nitrogens is 1. The Kier molecular flexibility index (Phi) is 7.62. The second-order valence-corrected chi connectivity index (χ2v) is 9.54. The number of amides is 2. The maximum atomic E-state index is 12.9. The number of carbonyl (C=O) groups excluding carboxylic acids is 3. The van der Waals surface area contributed by atoms with E-state index in [9.17, 15) is 14.4 Å². The van der Waals surface area contributed by atoms with Crippen molar-refractivity contribution in [3.05, 3.63) is 52.1 Å². The summed E-state index contributed by atoms with van der Waals surface area (Å²) in [5, 5.41) is 6.58. The zero-order chi connectivity index (χ0) is 24.1. The minimum absolute atomic E-state index is 0.127. The molecule has 1 aliphatic rings. The largest absolute Gasteiger partial charge is 0.466 e. The maximum Gasteiger partial charge on any atom is 0.307 e. The summed E-state index contributed by atoms with van der Waals surface area (Å²) in [7, 11) is 0. The van der Waals surface area contributed by atoms with E-state index in [0.29, 0.717) is 31.8 Å². The van der Waals surface area contributed by atoms with Gasteiger partial charge in [0.2, 0.25) is 5.91 Å². The highest BCUT2D eigenvalue weighted by molar-refractivity contribution is 7.09. The minimum atomic E-state index is -0.333. The molecule has 2 aromatic heterocycles. The quantitative estimate of drug-likeness (QED) is 0.477. The first-order valence-corrected chi connectivity index (χ1v) is 12.6. The number of aromatic amines is 1. The molecule has 1 unspecified atom stereocenters. The van der Waals surface area contributed by atoms with Crippen LogP contribution in [-0.4, -0.2) is 58.4 Å². The molecular formula is C25H30N4O4S. The molecule has 0 spiro atoms. The van der Waals surface area contributed by atoms with Crippen LogP contribution in [0.4, 0.5) is 0 Å². The summed E-state index contributed by atoms with van der Waals surface area (Å²) in [5.74, 6) is -0.246. The predicted molar refractivity (Wildman–Crippen MR) is 131 cm³/mol. The Morgan fingerprint density at radius 2 is 2.03 bits per heavy atom. The highest BCUT2D eigenvalue weighted by atomic mass is 32.1. The van der Waals surface area contributed by atoms with Gasteiger partial charge in [0.15, 0.2) is 0 Å². The number of benzene rings is 1. The average molecular weight is 483 g/mol. The Morgan fingerprint density at radius 1 is 1.26 bits per heavy atom. The third-order valence-electron chi connectivity index (χ3n) is 6.12. The van der Waals surface area contributed by atoms with E-state index in [1.807, 2.05) is 35.4 Å². The summed E-state index contributed by atoms with van der Waals surface area (Å²) in [6, 6.07) is 7.68. The van der Waals surface area contributed by atoms with Crippen molar-refractivity contribution in [1.82, 2.24) is 20.2 Å². The SMILES string of the molecule is CCOC(=O)CC(C)NC(=O)c1csc(C2CCN(C(=O)Cc3c[nH]c4ccccc34)CC2)n1. The smallest absolute Gasteiger partial charge is 0.307 e. The van der Waals surface area contributed by atoms with E-state index in [1.165, 1.54) is 11.3 Å². The number of esters is 1. The van der Waals surface area contributed by atoms with E-state index in [2.05, 4.69) is 15.3 Å². The number of nitrogens with zero attached hydrogens (tertiary/aromatic N) is 2. The number of fused-ring (bicyclic) bond motifs is 1. The number of hydrogen-bond donors (Lipinski definition) is 2. The number of hydrogen-bond acceptors (Lipinski definition) is 6. The van der Waals surface area contributed by atoms with Crippen LogP contribution in [0.5, 0.6) is 0 Å². The molecule has 1 saturated heterocycles. The van der Waals surface area contributed by atoms with Gasteiger partial charge < -0.3 is 19.9 Å². The van der Waals surface area contributed by atoms with Gasteiger partial charge >= 0.3 is 5.97 Å². The van der Waals surface area contributed by atoms with Crippen LogP contribution >= 0.6 is 11.3 Å². The maximum absolute atomic E-state index is 12.9. The van der Waals surface area contributed by atoms with Crippen LogP contribution < -0.4 is 5.32 Å². The van der Waals surface area contributed by atoms with Crippen LogP contribution in [0.1, 0.15) is 60.1 Å². The number of aromatic nitrogens is 2. The van der Waals surface area contributed by atoms with Crippen LogP contribution in [-0.2, 0) is 20.7 Å².